The van der Waals surface area contributed by atoms with Gasteiger partial charge in [-0.1, -0.05) is 6.92 Å². The summed E-state index contributed by atoms with van der Waals surface area (Å²) in [6, 6.07) is 0. The van der Waals surface area contributed by atoms with Crippen LogP contribution in [0.5, 0.6) is 0 Å². The van der Waals surface area contributed by atoms with Gasteiger partial charge in [-0.15, -0.1) is 0 Å². The Morgan fingerprint density at radius 2 is 1.75 bits per heavy atom. The van der Waals surface area contributed by atoms with E-state index in [1.165, 1.54) is 0 Å². The van der Waals surface area contributed by atoms with Crippen LogP contribution in [-0.4, -0.2) is 17.2 Å². The summed E-state index contributed by atoms with van der Waals surface area (Å²) in [4.78, 5) is 0. The zero-order valence-electron chi connectivity index (χ0n) is 8.74. The van der Waals surface area contributed by atoms with E-state index in [9.17, 15) is 4.39 Å². The van der Waals surface area contributed by atoms with E-state index >= 15 is 0 Å². The first-order valence-electron chi connectivity index (χ1n) is 4.68. The van der Waals surface area contributed by atoms with Crippen LogP contribution in [0.4, 0.5) is 4.39 Å². The summed E-state index contributed by atoms with van der Waals surface area (Å²) in [7, 11) is 0. The summed E-state index contributed by atoms with van der Waals surface area (Å²) in [5.41, 5.74) is -0.299. The largest absolute Gasteiger partial charge is 0.304 e. The molecule has 0 aromatic heterocycles. The fraction of sp³-hybridized carbons (Fsp3) is 1.00. The zero-order valence-corrected chi connectivity index (χ0v) is 8.74. The van der Waals surface area contributed by atoms with Crippen molar-refractivity contribution in [3.8, 4) is 0 Å². The van der Waals surface area contributed by atoms with E-state index in [0.29, 0.717) is 0 Å². The van der Waals surface area contributed by atoms with Crippen LogP contribution < -0.4 is 5.32 Å². The third-order valence-electron chi connectivity index (χ3n) is 2.68. The molecule has 1 saturated heterocycles. The van der Waals surface area contributed by atoms with Gasteiger partial charge in [-0.25, -0.2) is 4.39 Å². The van der Waals surface area contributed by atoms with Crippen molar-refractivity contribution in [2.45, 2.75) is 58.3 Å². The summed E-state index contributed by atoms with van der Waals surface area (Å²) >= 11 is 0. The molecule has 0 spiro atoms. The SMILES string of the molecule is C[C@H]1CC(C)(C)NC(C)(C)[C@H]1F. The molecule has 0 saturated carbocycles. The Morgan fingerprint density at radius 3 is 2.17 bits per heavy atom. The second-order valence-corrected chi connectivity index (χ2v) is 5.31. The standard InChI is InChI=1S/C10H20FN/c1-7-6-9(2,3)12-10(4,5)8(7)11/h7-8,12H,6H2,1-5H3/t7-,8-/m0/s1. The second-order valence-electron chi connectivity index (χ2n) is 5.31. The van der Waals surface area contributed by atoms with Gasteiger partial charge in [-0.3, -0.25) is 0 Å². The monoisotopic (exact) mass is 173 g/mol. The van der Waals surface area contributed by atoms with Crippen LogP contribution in [0.25, 0.3) is 0 Å². The molecule has 0 bridgehead atoms. The third-order valence-corrected chi connectivity index (χ3v) is 2.68. The molecule has 0 unspecified atom stereocenters. The number of halogens is 1. The van der Waals surface area contributed by atoms with Gasteiger partial charge in [0.2, 0.25) is 0 Å². The van der Waals surface area contributed by atoms with Crippen molar-refractivity contribution in [2.75, 3.05) is 0 Å². The lowest BCUT2D eigenvalue weighted by Gasteiger charge is -2.47. The Labute approximate surface area is 74.7 Å². The molecule has 1 aliphatic heterocycles. The van der Waals surface area contributed by atoms with Gasteiger partial charge in [-0.05, 0) is 40.0 Å². The Balaban J connectivity index is 2.80. The fourth-order valence-corrected chi connectivity index (χ4v) is 2.61. The molecule has 0 aromatic carbocycles. The van der Waals surface area contributed by atoms with Gasteiger partial charge >= 0.3 is 0 Å². The van der Waals surface area contributed by atoms with Crippen LogP contribution in [-0.2, 0) is 0 Å². The van der Waals surface area contributed by atoms with E-state index in [1.54, 1.807) is 0 Å². The maximum atomic E-state index is 13.6. The zero-order chi connectivity index (χ0) is 9.57. The highest BCUT2D eigenvalue weighted by Crippen LogP contribution is 2.34. The first-order valence-corrected chi connectivity index (χ1v) is 4.68. The molecule has 72 valence electrons. The summed E-state index contributed by atoms with van der Waals surface area (Å²) < 4.78 is 13.6. The molecule has 1 rings (SSSR count). The highest BCUT2D eigenvalue weighted by Gasteiger charge is 2.43. The van der Waals surface area contributed by atoms with Crippen molar-refractivity contribution in [3.63, 3.8) is 0 Å². The van der Waals surface area contributed by atoms with Crippen molar-refractivity contribution in [1.29, 1.82) is 0 Å². The summed E-state index contributed by atoms with van der Waals surface area (Å²) in [6.07, 6.45) is 0.183. The first kappa shape index (κ1) is 9.97. The van der Waals surface area contributed by atoms with Crippen molar-refractivity contribution >= 4 is 0 Å². The molecular formula is C10H20FN. The lowest BCUT2D eigenvalue weighted by atomic mass is 9.75. The van der Waals surface area contributed by atoms with Crippen LogP contribution in [0.2, 0.25) is 0 Å². The molecule has 0 aromatic rings. The van der Waals surface area contributed by atoms with Crippen molar-refractivity contribution in [1.82, 2.24) is 5.32 Å². The Bertz CT molecular complexity index is 175. The quantitative estimate of drug-likeness (QED) is 0.593. The van der Waals surface area contributed by atoms with E-state index in [4.69, 9.17) is 0 Å². The molecule has 12 heavy (non-hydrogen) atoms. The lowest BCUT2D eigenvalue weighted by Crippen LogP contribution is -2.63. The second kappa shape index (κ2) is 2.69. The van der Waals surface area contributed by atoms with Crippen LogP contribution in [0, 0.1) is 5.92 Å². The Hall–Kier alpha value is -0.110. The molecular weight excluding hydrogens is 153 g/mol. The van der Waals surface area contributed by atoms with Gasteiger partial charge in [0.15, 0.2) is 0 Å². The molecule has 0 aliphatic carbocycles. The molecule has 1 heterocycles. The Kier molecular flexibility index (Phi) is 2.24. The maximum absolute atomic E-state index is 13.6. The number of nitrogens with one attached hydrogen (secondary N) is 1. The van der Waals surface area contributed by atoms with Gasteiger partial charge in [0.25, 0.3) is 0 Å². The van der Waals surface area contributed by atoms with Gasteiger partial charge in [-0.2, -0.15) is 0 Å². The number of alkyl halides is 1. The lowest BCUT2D eigenvalue weighted by molar-refractivity contribution is 0.0321. The predicted molar refractivity (Wildman–Crippen MR) is 50.0 cm³/mol. The molecule has 1 fully saturated rings. The minimum atomic E-state index is -0.731. The molecule has 1 nitrogen and oxygen atoms in total. The van der Waals surface area contributed by atoms with E-state index in [2.05, 4.69) is 19.2 Å². The van der Waals surface area contributed by atoms with Crippen molar-refractivity contribution in [3.05, 3.63) is 0 Å². The van der Waals surface area contributed by atoms with Crippen LogP contribution in [0.15, 0.2) is 0 Å². The van der Waals surface area contributed by atoms with Gasteiger partial charge in [0.1, 0.15) is 6.17 Å². The van der Waals surface area contributed by atoms with Gasteiger partial charge in [0.05, 0.1) is 0 Å². The van der Waals surface area contributed by atoms with E-state index in [-0.39, 0.29) is 17.0 Å². The Morgan fingerprint density at radius 1 is 1.25 bits per heavy atom. The number of piperidine rings is 1. The van der Waals surface area contributed by atoms with Crippen LogP contribution in [0.3, 0.4) is 0 Å². The van der Waals surface area contributed by atoms with Crippen LogP contribution in [0.1, 0.15) is 41.0 Å². The fourth-order valence-electron chi connectivity index (χ4n) is 2.61. The average Bonchev–Trinajstić information content (AvgIpc) is 1.79. The third kappa shape index (κ3) is 1.79. The summed E-state index contributed by atoms with van der Waals surface area (Å²) in [5.74, 6) is 0.163. The minimum Gasteiger partial charge on any atom is -0.304 e. The molecule has 0 radical (unpaired) electrons. The van der Waals surface area contributed by atoms with Crippen molar-refractivity contribution in [2.24, 2.45) is 5.92 Å². The highest BCUT2D eigenvalue weighted by atomic mass is 19.1. The average molecular weight is 173 g/mol. The van der Waals surface area contributed by atoms with Gasteiger partial charge < -0.3 is 5.32 Å². The smallest absolute Gasteiger partial charge is 0.120 e. The number of hydrogen-bond donors (Lipinski definition) is 1. The summed E-state index contributed by atoms with van der Waals surface area (Å²) in [6.45, 7) is 10.1. The normalized spacial score (nSPS) is 39.5. The number of hydrogen-bond acceptors (Lipinski definition) is 1. The van der Waals surface area contributed by atoms with E-state index in [0.717, 1.165) is 6.42 Å². The predicted octanol–water partition coefficient (Wildman–Crippen LogP) is 2.51. The molecule has 1 N–H and O–H groups in total. The summed E-state index contributed by atoms with van der Waals surface area (Å²) in [5, 5.41) is 3.34. The van der Waals surface area contributed by atoms with Crippen LogP contribution >= 0.6 is 0 Å². The molecule has 2 atom stereocenters. The molecule has 1 aliphatic rings. The van der Waals surface area contributed by atoms with Gasteiger partial charge in [0, 0.05) is 11.1 Å². The topological polar surface area (TPSA) is 12.0 Å². The van der Waals surface area contributed by atoms with E-state index in [1.807, 2.05) is 20.8 Å². The molecule has 2 heteroatoms. The van der Waals surface area contributed by atoms with Crippen molar-refractivity contribution < 1.29 is 4.39 Å². The first-order chi connectivity index (χ1) is 5.25. The molecule has 0 amide bonds. The van der Waals surface area contributed by atoms with E-state index < -0.39 is 6.17 Å². The minimum absolute atomic E-state index is 0.0749. The maximum Gasteiger partial charge on any atom is 0.120 e. The number of rotatable bonds is 0. The highest BCUT2D eigenvalue weighted by molar-refractivity contribution is 5.01.